The number of nitrogens with zero attached hydrogens (tertiary/aromatic N) is 2. The second-order valence-electron chi connectivity index (χ2n) is 5.50. The molecule has 1 fully saturated rings. The van der Waals surface area contributed by atoms with Crippen molar-refractivity contribution in [2.24, 2.45) is 0 Å². The third-order valence-electron chi connectivity index (χ3n) is 4.19. The van der Waals surface area contributed by atoms with Gasteiger partial charge >= 0.3 is 0 Å². The molecule has 1 saturated carbocycles. The van der Waals surface area contributed by atoms with Gasteiger partial charge in [-0.25, -0.2) is 0 Å². The minimum atomic E-state index is 0.114. The van der Waals surface area contributed by atoms with E-state index in [4.69, 9.17) is 11.6 Å². The van der Waals surface area contributed by atoms with Crippen LogP contribution in [0.1, 0.15) is 36.0 Å². The maximum Gasteiger partial charge on any atom is 0.254 e. The third-order valence-corrected chi connectivity index (χ3v) is 4.46. The number of benzene rings is 1. The van der Waals surface area contributed by atoms with Crippen LogP contribution in [-0.4, -0.2) is 34.3 Å². The molecule has 110 valence electrons. The number of aromatic nitrogens is 1. The molecule has 3 rings (SSSR count). The molecule has 0 bridgehead atoms. The number of rotatable bonds is 5. The fraction of sp³-hybridized carbons (Fsp3) is 0.412. The van der Waals surface area contributed by atoms with Crippen LogP contribution in [-0.2, 0) is 0 Å². The average molecular weight is 303 g/mol. The minimum absolute atomic E-state index is 0.114. The highest BCUT2D eigenvalue weighted by molar-refractivity contribution is 6.17. The fourth-order valence-electron chi connectivity index (χ4n) is 2.82. The Labute approximate surface area is 129 Å². The molecule has 0 spiro atoms. The number of pyridine rings is 1. The minimum Gasteiger partial charge on any atom is -0.336 e. The number of halogens is 1. The van der Waals surface area contributed by atoms with Crippen molar-refractivity contribution in [3.63, 3.8) is 0 Å². The Kier molecular flexibility index (Phi) is 4.39. The fourth-order valence-corrected chi connectivity index (χ4v) is 2.94. The van der Waals surface area contributed by atoms with Gasteiger partial charge < -0.3 is 4.90 Å². The first-order chi connectivity index (χ1) is 10.3. The van der Waals surface area contributed by atoms with Gasteiger partial charge in [-0.05, 0) is 37.8 Å². The number of alkyl halides is 1. The van der Waals surface area contributed by atoms with Crippen LogP contribution in [0.5, 0.6) is 0 Å². The van der Waals surface area contributed by atoms with Gasteiger partial charge in [-0.3, -0.25) is 9.78 Å². The van der Waals surface area contributed by atoms with Gasteiger partial charge in [0.15, 0.2) is 0 Å². The normalized spacial score (nSPS) is 14.9. The lowest BCUT2D eigenvalue weighted by atomic mass is 9.90. The first kappa shape index (κ1) is 14.3. The molecule has 1 heterocycles. The van der Waals surface area contributed by atoms with Crippen molar-refractivity contribution < 1.29 is 4.79 Å². The highest BCUT2D eigenvalue weighted by Gasteiger charge is 2.29. The molecule has 3 nitrogen and oxygen atoms in total. The number of fused-ring (bicyclic) bond motifs is 1. The number of amides is 1. The van der Waals surface area contributed by atoms with Crippen molar-refractivity contribution in [3.05, 3.63) is 42.1 Å². The van der Waals surface area contributed by atoms with Gasteiger partial charge in [0.2, 0.25) is 0 Å². The Morgan fingerprint density at radius 3 is 2.81 bits per heavy atom. The highest BCUT2D eigenvalue weighted by Crippen LogP contribution is 2.28. The number of carbonyl (C=O) groups excluding carboxylic acids is 1. The molecule has 2 aromatic rings. The first-order valence-electron chi connectivity index (χ1n) is 7.52. The lowest BCUT2D eigenvalue weighted by molar-refractivity contribution is 0.0583. The SMILES string of the molecule is O=C(c1ccnc2ccccc12)N(CCCCl)C1CCC1. The van der Waals surface area contributed by atoms with Gasteiger partial charge in [-0.15, -0.1) is 11.6 Å². The van der Waals surface area contributed by atoms with Crippen LogP contribution in [0.25, 0.3) is 10.9 Å². The van der Waals surface area contributed by atoms with E-state index in [1.54, 1.807) is 6.20 Å². The number of para-hydroxylation sites is 1. The molecule has 0 N–H and O–H groups in total. The van der Waals surface area contributed by atoms with E-state index in [1.165, 1.54) is 6.42 Å². The Hall–Kier alpha value is -1.61. The van der Waals surface area contributed by atoms with Crippen molar-refractivity contribution >= 4 is 28.4 Å². The summed E-state index contributed by atoms with van der Waals surface area (Å²) in [7, 11) is 0. The van der Waals surface area contributed by atoms with E-state index in [0.29, 0.717) is 11.9 Å². The highest BCUT2D eigenvalue weighted by atomic mass is 35.5. The molecule has 21 heavy (non-hydrogen) atoms. The van der Waals surface area contributed by atoms with E-state index < -0.39 is 0 Å². The summed E-state index contributed by atoms with van der Waals surface area (Å²) in [5.41, 5.74) is 1.62. The van der Waals surface area contributed by atoms with Crippen LogP contribution in [0.4, 0.5) is 0 Å². The Bertz CT molecular complexity index is 634. The predicted octanol–water partition coefficient (Wildman–Crippen LogP) is 3.86. The molecule has 0 saturated heterocycles. The standard InChI is InChI=1S/C17H19ClN2O/c18-10-4-12-20(13-5-3-6-13)17(21)15-9-11-19-16-8-2-1-7-14(15)16/h1-2,7-9,11,13H,3-6,10,12H2. The molecule has 1 aliphatic carbocycles. The van der Waals surface area contributed by atoms with E-state index in [2.05, 4.69) is 4.98 Å². The molecule has 0 radical (unpaired) electrons. The van der Waals surface area contributed by atoms with Crippen molar-refractivity contribution in [2.45, 2.75) is 31.7 Å². The molecule has 1 aromatic carbocycles. The molecular formula is C17H19ClN2O. The Morgan fingerprint density at radius 1 is 1.29 bits per heavy atom. The summed E-state index contributed by atoms with van der Waals surface area (Å²) in [5, 5.41) is 0.931. The first-order valence-corrected chi connectivity index (χ1v) is 8.05. The summed E-state index contributed by atoms with van der Waals surface area (Å²) >= 11 is 5.81. The summed E-state index contributed by atoms with van der Waals surface area (Å²) in [6, 6.07) is 10.0. The van der Waals surface area contributed by atoms with Crippen LogP contribution in [0.15, 0.2) is 36.5 Å². The summed E-state index contributed by atoms with van der Waals surface area (Å²) in [6.07, 6.45) is 5.99. The number of carbonyl (C=O) groups is 1. The van der Waals surface area contributed by atoms with E-state index in [1.807, 2.05) is 35.2 Å². The quantitative estimate of drug-likeness (QED) is 0.786. The maximum atomic E-state index is 13.0. The van der Waals surface area contributed by atoms with Crippen molar-refractivity contribution in [3.8, 4) is 0 Å². The Morgan fingerprint density at radius 2 is 2.10 bits per heavy atom. The van der Waals surface area contributed by atoms with Gasteiger partial charge in [-0.2, -0.15) is 0 Å². The monoisotopic (exact) mass is 302 g/mol. The van der Waals surface area contributed by atoms with E-state index in [-0.39, 0.29) is 5.91 Å². The molecule has 0 aliphatic heterocycles. The summed E-state index contributed by atoms with van der Waals surface area (Å²) < 4.78 is 0. The lowest BCUT2D eigenvalue weighted by Gasteiger charge is -2.37. The summed E-state index contributed by atoms with van der Waals surface area (Å²) in [4.78, 5) is 19.3. The number of hydrogen-bond acceptors (Lipinski definition) is 2. The maximum absolute atomic E-state index is 13.0. The molecule has 1 aliphatic rings. The van der Waals surface area contributed by atoms with Crippen LogP contribution in [0.3, 0.4) is 0 Å². The van der Waals surface area contributed by atoms with E-state index in [9.17, 15) is 4.79 Å². The van der Waals surface area contributed by atoms with Gasteiger partial charge in [0.25, 0.3) is 5.91 Å². The van der Waals surface area contributed by atoms with Crippen LogP contribution >= 0.6 is 11.6 Å². The van der Waals surface area contributed by atoms with Crippen molar-refractivity contribution in [1.29, 1.82) is 0 Å². The van der Waals surface area contributed by atoms with Gasteiger partial charge in [-0.1, -0.05) is 18.2 Å². The predicted molar refractivity (Wildman–Crippen MR) is 85.8 cm³/mol. The summed E-state index contributed by atoms with van der Waals surface area (Å²) in [5.74, 6) is 0.705. The van der Waals surface area contributed by atoms with E-state index >= 15 is 0 Å². The van der Waals surface area contributed by atoms with Crippen LogP contribution in [0, 0.1) is 0 Å². The van der Waals surface area contributed by atoms with Crippen LogP contribution in [0.2, 0.25) is 0 Å². The van der Waals surface area contributed by atoms with Gasteiger partial charge in [0, 0.05) is 30.0 Å². The third kappa shape index (κ3) is 2.88. The zero-order valence-electron chi connectivity index (χ0n) is 12.0. The molecule has 0 unspecified atom stereocenters. The molecular weight excluding hydrogens is 284 g/mol. The second kappa shape index (κ2) is 6.44. The van der Waals surface area contributed by atoms with Crippen molar-refractivity contribution in [2.75, 3.05) is 12.4 Å². The average Bonchev–Trinajstić information content (AvgIpc) is 2.48. The second-order valence-corrected chi connectivity index (χ2v) is 5.88. The van der Waals surface area contributed by atoms with E-state index in [0.717, 1.165) is 42.3 Å². The largest absolute Gasteiger partial charge is 0.336 e. The number of hydrogen-bond donors (Lipinski definition) is 0. The lowest BCUT2D eigenvalue weighted by Crippen LogP contribution is -2.44. The van der Waals surface area contributed by atoms with Gasteiger partial charge in [0.1, 0.15) is 0 Å². The molecule has 1 amide bonds. The zero-order chi connectivity index (χ0) is 14.7. The summed E-state index contributed by atoms with van der Waals surface area (Å²) in [6.45, 7) is 0.740. The van der Waals surface area contributed by atoms with Crippen LogP contribution < -0.4 is 0 Å². The topological polar surface area (TPSA) is 33.2 Å². The Balaban J connectivity index is 1.93. The molecule has 1 aromatic heterocycles. The zero-order valence-corrected chi connectivity index (χ0v) is 12.7. The molecule has 0 atom stereocenters. The molecule has 4 heteroatoms. The smallest absolute Gasteiger partial charge is 0.254 e. The van der Waals surface area contributed by atoms with Crippen molar-refractivity contribution in [1.82, 2.24) is 9.88 Å². The van der Waals surface area contributed by atoms with Gasteiger partial charge in [0.05, 0.1) is 11.1 Å².